The summed E-state index contributed by atoms with van der Waals surface area (Å²) in [5, 5.41) is 16.6. The molecule has 0 saturated carbocycles. The van der Waals surface area contributed by atoms with E-state index in [-0.39, 0.29) is 24.3 Å². The van der Waals surface area contributed by atoms with Crippen molar-refractivity contribution in [3.05, 3.63) is 65.2 Å². The molecule has 0 aliphatic carbocycles. The van der Waals surface area contributed by atoms with Crippen molar-refractivity contribution in [1.29, 1.82) is 0 Å². The van der Waals surface area contributed by atoms with Gasteiger partial charge in [0.1, 0.15) is 35.1 Å². The number of phenolic OH excluding ortho intramolecular Hbond substituents is 1. The standard InChI is InChI=1S/C38H56N4O8/c1-9-10-11-12-16-22-42(34(46)28(24-30(39)43)41-36(48)50-38(6,7)8)31(27-21-17-18-25(2)32(27)44)33(45)40-29(35(47)49-37(3,4)5)23-26-19-14-13-15-20-26/h13-15,17-21,28-29,31,44H,9-12,16,22-24H2,1-8H3,(H2,39,43)(H,40,45)(H,41,48). The number of aromatic hydroxyl groups is 1. The quantitative estimate of drug-likeness (QED) is 0.126. The first-order valence-electron chi connectivity index (χ1n) is 17.3. The van der Waals surface area contributed by atoms with E-state index >= 15 is 0 Å². The summed E-state index contributed by atoms with van der Waals surface area (Å²) < 4.78 is 11.0. The second-order valence-corrected chi connectivity index (χ2v) is 14.5. The van der Waals surface area contributed by atoms with Crippen molar-refractivity contribution in [2.75, 3.05) is 6.54 Å². The largest absolute Gasteiger partial charge is 0.507 e. The molecule has 0 aliphatic rings. The summed E-state index contributed by atoms with van der Waals surface area (Å²) in [6.45, 7) is 13.9. The van der Waals surface area contributed by atoms with Crippen LogP contribution in [0.25, 0.3) is 0 Å². The number of alkyl carbamates (subject to hydrolysis) is 1. The minimum absolute atomic E-state index is 0.0229. The number of unbranched alkanes of at least 4 members (excludes halogenated alkanes) is 4. The molecule has 0 saturated heterocycles. The van der Waals surface area contributed by atoms with Gasteiger partial charge in [-0.2, -0.15) is 0 Å². The number of rotatable bonds is 17. The van der Waals surface area contributed by atoms with Gasteiger partial charge in [-0.1, -0.05) is 81.1 Å². The van der Waals surface area contributed by atoms with Crippen LogP contribution in [0.2, 0.25) is 0 Å². The molecule has 0 spiro atoms. The summed E-state index contributed by atoms with van der Waals surface area (Å²) in [5.74, 6) is -3.33. The highest BCUT2D eigenvalue weighted by Gasteiger charge is 2.40. The zero-order chi connectivity index (χ0) is 37.6. The van der Waals surface area contributed by atoms with Crippen LogP contribution in [0, 0.1) is 6.92 Å². The third-order valence-corrected chi connectivity index (χ3v) is 7.59. The van der Waals surface area contributed by atoms with Gasteiger partial charge in [-0.3, -0.25) is 14.4 Å². The maximum Gasteiger partial charge on any atom is 0.408 e. The molecule has 2 aromatic rings. The van der Waals surface area contributed by atoms with E-state index in [1.807, 2.05) is 30.3 Å². The first kappa shape index (κ1) is 41.6. The van der Waals surface area contributed by atoms with Gasteiger partial charge in [0, 0.05) is 18.5 Å². The van der Waals surface area contributed by atoms with Crippen LogP contribution in [0.1, 0.15) is 110 Å². The molecule has 4 amide bonds. The van der Waals surface area contributed by atoms with Crippen molar-refractivity contribution in [3.63, 3.8) is 0 Å². The van der Waals surface area contributed by atoms with Gasteiger partial charge in [-0.15, -0.1) is 0 Å². The van der Waals surface area contributed by atoms with E-state index < -0.39 is 65.5 Å². The molecule has 2 rings (SSSR count). The highest BCUT2D eigenvalue weighted by molar-refractivity contribution is 5.96. The highest BCUT2D eigenvalue weighted by Crippen LogP contribution is 2.33. The Kier molecular flexibility index (Phi) is 15.8. The smallest absolute Gasteiger partial charge is 0.408 e. The highest BCUT2D eigenvalue weighted by atomic mass is 16.6. The van der Waals surface area contributed by atoms with Crippen LogP contribution in [-0.4, -0.2) is 69.6 Å². The number of hydrogen-bond donors (Lipinski definition) is 4. The molecule has 0 bridgehead atoms. The number of nitrogens with one attached hydrogen (secondary N) is 2. The van der Waals surface area contributed by atoms with E-state index in [4.69, 9.17) is 15.2 Å². The number of benzene rings is 2. The number of aryl methyl sites for hydroxylation is 1. The number of phenols is 1. The molecule has 3 unspecified atom stereocenters. The molecule has 3 atom stereocenters. The van der Waals surface area contributed by atoms with Crippen molar-refractivity contribution in [1.82, 2.24) is 15.5 Å². The van der Waals surface area contributed by atoms with Crippen molar-refractivity contribution >= 4 is 29.8 Å². The van der Waals surface area contributed by atoms with Gasteiger partial charge >= 0.3 is 12.1 Å². The molecule has 2 aromatic carbocycles. The monoisotopic (exact) mass is 696 g/mol. The Labute approximate surface area is 296 Å². The molecular formula is C38H56N4O8. The average Bonchev–Trinajstić information content (AvgIpc) is 2.99. The van der Waals surface area contributed by atoms with Crippen LogP contribution in [-0.2, 0) is 35.1 Å². The molecule has 0 radical (unpaired) electrons. The molecule has 0 aliphatic heterocycles. The van der Waals surface area contributed by atoms with E-state index in [0.29, 0.717) is 12.0 Å². The molecule has 276 valence electrons. The Bertz CT molecular complexity index is 1450. The molecule has 12 nitrogen and oxygen atoms in total. The number of esters is 1. The molecule has 50 heavy (non-hydrogen) atoms. The normalized spacial score (nSPS) is 13.4. The summed E-state index contributed by atoms with van der Waals surface area (Å²) in [5.41, 5.74) is 5.06. The summed E-state index contributed by atoms with van der Waals surface area (Å²) in [7, 11) is 0. The Morgan fingerprint density at radius 2 is 1.44 bits per heavy atom. The van der Waals surface area contributed by atoms with Crippen LogP contribution in [0.15, 0.2) is 48.5 Å². The Balaban J connectivity index is 2.70. The number of ether oxygens (including phenoxy) is 2. The van der Waals surface area contributed by atoms with Gasteiger partial charge in [0.05, 0.1) is 6.42 Å². The molecule has 5 N–H and O–H groups in total. The Hall–Kier alpha value is -4.61. The van der Waals surface area contributed by atoms with Crippen LogP contribution in [0.4, 0.5) is 4.79 Å². The molecule has 0 aromatic heterocycles. The number of carbonyl (C=O) groups is 5. The van der Waals surface area contributed by atoms with Gasteiger partial charge in [-0.05, 0) is 66.0 Å². The molecular weight excluding hydrogens is 640 g/mol. The third-order valence-electron chi connectivity index (χ3n) is 7.59. The van der Waals surface area contributed by atoms with E-state index in [1.54, 1.807) is 60.6 Å². The molecule has 12 heteroatoms. The van der Waals surface area contributed by atoms with Crippen LogP contribution in [0.5, 0.6) is 5.75 Å². The number of nitrogens with two attached hydrogens (primary N) is 1. The number of carbonyl (C=O) groups excluding carboxylic acids is 5. The minimum atomic E-state index is -1.49. The summed E-state index contributed by atoms with van der Waals surface area (Å²) >= 11 is 0. The second-order valence-electron chi connectivity index (χ2n) is 14.5. The van der Waals surface area contributed by atoms with Crippen molar-refractivity contribution in [3.8, 4) is 5.75 Å². The Morgan fingerprint density at radius 1 is 0.820 bits per heavy atom. The first-order valence-corrected chi connectivity index (χ1v) is 17.3. The van der Waals surface area contributed by atoms with Crippen LogP contribution < -0.4 is 16.4 Å². The summed E-state index contributed by atoms with van der Waals surface area (Å²) in [4.78, 5) is 68.9. The minimum Gasteiger partial charge on any atom is -0.507 e. The van der Waals surface area contributed by atoms with Crippen molar-refractivity contribution < 1.29 is 38.6 Å². The van der Waals surface area contributed by atoms with Gasteiger partial charge in [-0.25, -0.2) is 9.59 Å². The predicted octanol–water partition coefficient (Wildman–Crippen LogP) is 5.38. The lowest BCUT2D eigenvalue weighted by Gasteiger charge is -2.35. The lowest BCUT2D eigenvalue weighted by molar-refractivity contribution is -0.159. The van der Waals surface area contributed by atoms with Crippen molar-refractivity contribution in [2.45, 2.75) is 130 Å². The zero-order valence-corrected chi connectivity index (χ0v) is 30.8. The third kappa shape index (κ3) is 14.1. The van der Waals surface area contributed by atoms with E-state index in [2.05, 4.69) is 17.6 Å². The molecule has 0 fully saturated rings. The maximum absolute atomic E-state index is 14.6. The fourth-order valence-corrected chi connectivity index (χ4v) is 5.32. The van der Waals surface area contributed by atoms with Gasteiger partial charge < -0.3 is 35.8 Å². The fourth-order valence-electron chi connectivity index (χ4n) is 5.32. The van der Waals surface area contributed by atoms with Crippen LogP contribution >= 0.6 is 0 Å². The molecule has 0 heterocycles. The van der Waals surface area contributed by atoms with E-state index in [1.165, 1.54) is 11.0 Å². The number of para-hydroxylation sites is 1. The number of nitrogens with zero attached hydrogens (tertiary/aromatic N) is 1. The summed E-state index contributed by atoms with van der Waals surface area (Å²) in [6.07, 6.45) is 2.58. The first-order chi connectivity index (χ1) is 23.3. The fraction of sp³-hybridized carbons (Fsp3) is 0.553. The van der Waals surface area contributed by atoms with E-state index in [9.17, 15) is 29.1 Å². The zero-order valence-electron chi connectivity index (χ0n) is 30.8. The van der Waals surface area contributed by atoms with Gasteiger partial charge in [0.25, 0.3) is 0 Å². The number of primary amides is 1. The average molecular weight is 697 g/mol. The van der Waals surface area contributed by atoms with E-state index in [0.717, 1.165) is 31.2 Å². The van der Waals surface area contributed by atoms with Gasteiger partial charge in [0.15, 0.2) is 0 Å². The van der Waals surface area contributed by atoms with Crippen molar-refractivity contribution in [2.24, 2.45) is 5.73 Å². The second kappa shape index (κ2) is 19.0. The maximum atomic E-state index is 14.6. The Morgan fingerprint density at radius 3 is 2.02 bits per heavy atom. The number of hydrogen-bond acceptors (Lipinski definition) is 8. The van der Waals surface area contributed by atoms with Crippen LogP contribution in [0.3, 0.4) is 0 Å². The van der Waals surface area contributed by atoms with Gasteiger partial charge in [0.2, 0.25) is 17.7 Å². The SMILES string of the molecule is CCCCCCCN(C(=O)C(CC(N)=O)NC(=O)OC(C)(C)C)C(C(=O)NC(Cc1ccccc1)C(=O)OC(C)(C)C)c1cccc(C)c1O. The topological polar surface area (TPSA) is 177 Å². The number of amides is 4. The summed E-state index contributed by atoms with van der Waals surface area (Å²) in [6, 6.07) is 9.77. The predicted molar refractivity (Wildman–Crippen MR) is 191 cm³/mol. The lowest BCUT2D eigenvalue weighted by atomic mass is 9.97. The lowest BCUT2D eigenvalue weighted by Crippen LogP contribution is -2.55.